The van der Waals surface area contributed by atoms with Gasteiger partial charge >= 0.3 is 5.97 Å². The first kappa shape index (κ1) is 27.1. The van der Waals surface area contributed by atoms with E-state index in [1.807, 2.05) is 25.3 Å². The molecule has 8 heteroatoms. The van der Waals surface area contributed by atoms with Crippen molar-refractivity contribution >= 4 is 23.2 Å². The molecule has 1 aliphatic rings. The number of thiazole rings is 1. The van der Waals surface area contributed by atoms with Crippen LogP contribution in [0, 0.1) is 11.8 Å². The van der Waals surface area contributed by atoms with Crippen LogP contribution in [0.15, 0.2) is 29.8 Å². The van der Waals surface area contributed by atoms with Crippen LogP contribution in [0.5, 0.6) is 5.75 Å². The summed E-state index contributed by atoms with van der Waals surface area (Å²) in [5.41, 5.74) is -1.60. The molecule has 192 valence electrons. The number of carbonyl (C=O) groups excluding carboxylic acids is 1. The third kappa shape index (κ3) is 5.09. The Labute approximate surface area is 212 Å². The summed E-state index contributed by atoms with van der Waals surface area (Å²) in [6.07, 6.45) is 2.05. The van der Waals surface area contributed by atoms with Crippen molar-refractivity contribution in [1.29, 1.82) is 0 Å². The fourth-order valence-electron chi connectivity index (χ4n) is 5.36. The number of carboxylic acid groups (broad SMARTS) is 1. The third-order valence-corrected chi connectivity index (χ3v) is 7.76. The third-order valence-electron chi connectivity index (χ3n) is 6.91. The Balaban J connectivity index is 2.25. The minimum Gasteiger partial charge on any atom is -0.496 e. The lowest BCUT2D eigenvalue weighted by molar-refractivity contribution is -0.150. The lowest BCUT2D eigenvalue weighted by Crippen LogP contribution is -2.54. The fraction of sp³-hybridized carbons (Fsp3) is 0.593. The number of ether oxygens (including phenoxy) is 1. The second-order valence-corrected chi connectivity index (χ2v) is 12.5. The van der Waals surface area contributed by atoms with Crippen molar-refractivity contribution in [3.63, 3.8) is 0 Å². The maximum absolute atomic E-state index is 14.3. The molecule has 1 amide bonds. The predicted molar refractivity (Wildman–Crippen MR) is 137 cm³/mol. The number of likely N-dealkylation sites (tertiary alicyclic amines) is 1. The first-order valence-electron chi connectivity index (χ1n) is 12.0. The van der Waals surface area contributed by atoms with Crippen molar-refractivity contribution in [2.75, 3.05) is 7.11 Å². The molecule has 0 aliphatic carbocycles. The van der Waals surface area contributed by atoms with Gasteiger partial charge in [-0.25, -0.2) is 9.78 Å². The van der Waals surface area contributed by atoms with Gasteiger partial charge in [-0.2, -0.15) is 0 Å². The Kier molecular flexibility index (Phi) is 7.40. The van der Waals surface area contributed by atoms with E-state index < -0.39 is 35.0 Å². The van der Waals surface area contributed by atoms with Crippen LogP contribution in [0.25, 0.3) is 0 Å². The smallest absolute Gasteiger partial charge is 0.329 e. The number of aromatic nitrogens is 1. The van der Waals surface area contributed by atoms with Gasteiger partial charge in [-0.3, -0.25) is 4.79 Å². The summed E-state index contributed by atoms with van der Waals surface area (Å²) in [5, 5.41) is 24.2. The van der Waals surface area contributed by atoms with E-state index in [4.69, 9.17) is 4.74 Å². The van der Waals surface area contributed by atoms with Crippen molar-refractivity contribution in [2.45, 2.75) is 83.9 Å². The molecule has 2 aromatic rings. The zero-order valence-electron chi connectivity index (χ0n) is 22.0. The molecule has 0 saturated carbocycles. The molecule has 7 nitrogen and oxygen atoms in total. The zero-order valence-corrected chi connectivity index (χ0v) is 22.8. The monoisotopic (exact) mass is 502 g/mol. The van der Waals surface area contributed by atoms with E-state index in [-0.39, 0.29) is 24.2 Å². The molecule has 1 aromatic carbocycles. The Morgan fingerprint density at radius 3 is 2.37 bits per heavy atom. The molecular formula is C27H38N2O5S. The Morgan fingerprint density at radius 2 is 1.91 bits per heavy atom. The molecule has 2 heterocycles. The van der Waals surface area contributed by atoms with Crippen LogP contribution in [-0.2, 0) is 10.2 Å². The highest BCUT2D eigenvalue weighted by Crippen LogP contribution is 2.54. The van der Waals surface area contributed by atoms with E-state index in [2.05, 4.69) is 25.8 Å². The van der Waals surface area contributed by atoms with Gasteiger partial charge < -0.3 is 19.8 Å². The number of methoxy groups -OCH3 is 1. The second kappa shape index (κ2) is 9.54. The molecule has 3 rings (SSSR count). The van der Waals surface area contributed by atoms with E-state index in [1.54, 1.807) is 39.3 Å². The minimum atomic E-state index is -1.48. The number of carbonyl (C=O) groups is 2. The maximum Gasteiger partial charge on any atom is 0.329 e. The highest BCUT2D eigenvalue weighted by Gasteiger charge is 2.62. The molecular weight excluding hydrogens is 464 g/mol. The first-order valence-corrected chi connectivity index (χ1v) is 12.9. The zero-order chi connectivity index (χ0) is 26.3. The number of benzene rings is 1. The lowest BCUT2D eigenvalue weighted by atomic mass is 9.78. The summed E-state index contributed by atoms with van der Waals surface area (Å²) in [6.45, 7) is 13.4. The molecule has 2 N–H and O–H groups in total. The minimum absolute atomic E-state index is 0.0108. The molecule has 0 bridgehead atoms. The molecule has 3 atom stereocenters. The average molecular weight is 503 g/mol. The van der Waals surface area contributed by atoms with Gasteiger partial charge in [0.1, 0.15) is 16.3 Å². The molecule has 35 heavy (non-hydrogen) atoms. The number of hydrogen-bond acceptors (Lipinski definition) is 6. The van der Waals surface area contributed by atoms with Gasteiger partial charge in [-0.05, 0) is 55.7 Å². The van der Waals surface area contributed by atoms with Crippen molar-refractivity contribution < 1.29 is 24.5 Å². The molecule has 0 spiro atoms. The predicted octanol–water partition coefficient (Wildman–Crippen LogP) is 5.29. The first-order chi connectivity index (χ1) is 16.1. The topological polar surface area (TPSA) is 100.0 Å². The van der Waals surface area contributed by atoms with Crippen LogP contribution >= 0.6 is 11.3 Å². The van der Waals surface area contributed by atoms with Crippen LogP contribution in [0.1, 0.15) is 88.3 Å². The Morgan fingerprint density at radius 1 is 1.26 bits per heavy atom. The number of amides is 1. The van der Waals surface area contributed by atoms with Gasteiger partial charge in [-0.15, -0.1) is 11.3 Å². The van der Waals surface area contributed by atoms with Crippen LogP contribution in [0.4, 0.5) is 0 Å². The van der Waals surface area contributed by atoms with Gasteiger partial charge in [0, 0.05) is 23.1 Å². The van der Waals surface area contributed by atoms with E-state index in [0.29, 0.717) is 16.3 Å². The molecule has 3 unspecified atom stereocenters. The van der Waals surface area contributed by atoms with E-state index in [1.165, 1.54) is 16.2 Å². The quantitative estimate of drug-likeness (QED) is 0.533. The summed E-state index contributed by atoms with van der Waals surface area (Å²) in [6, 6.07) is 4.63. The number of carboxylic acids is 1. The Hall–Kier alpha value is -2.45. The normalized spacial score (nSPS) is 23.1. The van der Waals surface area contributed by atoms with Crippen LogP contribution < -0.4 is 4.74 Å². The highest BCUT2D eigenvalue weighted by molar-refractivity contribution is 7.09. The standard InChI is InChI=1S/C27H38N2O5S/c1-16(2)14-27(24(31)32)15-19(26(6,7)33)21(22-28-11-12-35-22)29(27)23(30)17-9-10-18(25(3,4)5)20(13-17)34-8/h9-13,16,19,21,33H,14-15H2,1-8H3,(H,31,32). The van der Waals surface area contributed by atoms with Crippen molar-refractivity contribution in [2.24, 2.45) is 11.8 Å². The van der Waals surface area contributed by atoms with Gasteiger partial charge in [-0.1, -0.05) is 40.7 Å². The van der Waals surface area contributed by atoms with Gasteiger partial charge in [0.2, 0.25) is 0 Å². The van der Waals surface area contributed by atoms with Crippen LogP contribution in [-0.4, -0.2) is 50.2 Å². The maximum atomic E-state index is 14.3. The van der Waals surface area contributed by atoms with E-state index in [0.717, 1.165) is 5.56 Å². The Bertz CT molecular complexity index is 1070. The molecule has 1 aromatic heterocycles. The van der Waals surface area contributed by atoms with Crippen molar-refractivity contribution in [3.8, 4) is 5.75 Å². The van der Waals surface area contributed by atoms with Gasteiger partial charge in [0.15, 0.2) is 0 Å². The van der Waals surface area contributed by atoms with Crippen molar-refractivity contribution in [3.05, 3.63) is 45.9 Å². The summed E-state index contributed by atoms with van der Waals surface area (Å²) in [7, 11) is 1.57. The van der Waals surface area contributed by atoms with Crippen molar-refractivity contribution in [1.82, 2.24) is 9.88 Å². The summed E-state index contributed by atoms with van der Waals surface area (Å²) in [4.78, 5) is 33.2. The highest BCUT2D eigenvalue weighted by atomic mass is 32.1. The number of aliphatic carboxylic acids is 1. The van der Waals surface area contributed by atoms with Crippen LogP contribution in [0.2, 0.25) is 0 Å². The second-order valence-electron chi connectivity index (χ2n) is 11.6. The fourth-order valence-corrected chi connectivity index (χ4v) is 6.15. The summed E-state index contributed by atoms with van der Waals surface area (Å²) in [5.74, 6) is -1.39. The number of nitrogens with zero attached hydrogens (tertiary/aromatic N) is 2. The van der Waals surface area contributed by atoms with Gasteiger partial charge in [0.05, 0.1) is 18.8 Å². The molecule has 1 saturated heterocycles. The lowest BCUT2D eigenvalue weighted by Gasteiger charge is -2.39. The summed E-state index contributed by atoms with van der Waals surface area (Å²) >= 11 is 1.37. The molecule has 1 aliphatic heterocycles. The number of hydrogen-bond donors (Lipinski definition) is 2. The van der Waals surface area contributed by atoms with Gasteiger partial charge in [0.25, 0.3) is 5.91 Å². The van der Waals surface area contributed by atoms with Crippen LogP contribution in [0.3, 0.4) is 0 Å². The van der Waals surface area contributed by atoms with E-state index >= 15 is 0 Å². The average Bonchev–Trinajstić information content (AvgIpc) is 3.38. The number of aliphatic hydroxyl groups is 1. The number of rotatable bonds is 7. The molecule has 1 fully saturated rings. The largest absolute Gasteiger partial charge is 0.496 e. The molecule has 0 radical (unpaired) electrons. The van der Waals surface area contributed by atoms with E-state index in [9.17, 15) is 19.8 Å². The summed E-state index contributed by atoms with van der Waals surface area (Å²) < 4.78 is 5.63. The SMILES string of the molecule is COc1cc(C(=O)N2C(c3nccs3)C(C(C)(C)O)CC2(CC(C)C)C(=O)O)ccc1C(C)(C)C.